The van der Waals surface area contributed by atoms with Crippen molar-refractivity contribution in [3.8, 4) is 0 Å². The molecule has 0 aliphatic carbocycles. The zero-order valence-electron chi connectivity index (χ0n) is 13.6. The van der Waals surface area contributed by atoms with Gasteiger partial charge in [0, 0.05) is 19.5 Å². The third-order valence-corrected chi connectivity index (χ3v) is 4.63. The summed E-state index contributed by atoms with van der Waals surface area (Å²) in [4.78, 5) is 11.9. The Morgan fingerprint density at radius 2 is 1.64 bits per heavy atom. The fourth-order valence-corrected chi connectivity index (χ4v) is 3.19. The number of carbonyl (C=O) groups excluding carboxylic acids is 1. The van der Waals surface area contributed by atoms with Crippen LogP contribution in [0, 0.1) is 11.6 Å². The molecule has 1 N–H and O–H groups in total. The molecule has 8 heteroatoms. The number of nitrogens with zero attached hydrogens (tertiary/aromatic N) is 1. The Balaban J connectivity index is 2.05. The standard InChI is InChI=1S/C17H18F2N2O3S/c1-25(23,24)21(17-14(18)8-5-9-15(17)19)11-10-16(22)20-12-13-6-3-2-4-7-13/h2-9H,10-12H2,1H3,(H,20,22). The van der Waals surface area contributed by atoms with Crippen molar-refractivity contribution in [2.75, 3.05) is 17.1 Å². The molecule has 1 amide bonds. The summed E-state index contributed by atoms with van der Waals surface area (Å²) in [5.74, 6) is -2.43. The largest absolute Gasteiger partial charge is 0.352 e. The van der Waals surface area contributed by atoms with E-state index in [0.717, 1.165) is 30.0 Å². The van der Waals surface area contributed by atoms with Crippen molar-refractivity contribution in [3.05, 3.63) is 65.7 Å². The summed E-state index contributed by atoms with van der Waals surface area (Å²) < 4.78 is 52.1. The summed E-state index contributed by atoms with van der Waals surface area (Å²) in [7, 11) is -3.95. The summed E-state index contributed by atoms with van der Waals surface area (Å²) in [5, 5.41) is 2.64. The van der Waals surface area contributed by atoms with Gasteiger partial charge in [-0.05, 0) is 17.7 Å². The van der Waals surface area contributed by atoms with E-state index in [4.69, 9.17) is 0 Å². The molecule has 0 radical (unpaired) electrons. The number of hydrogen-bond donors (Lipinski definition) is 1. The van der Waals surface area contributed by atoms with Gasteiger partial charge in [0.25, 0.3) is 0 Å². The van der Waals surface area contributed by atoms with Crippen LogP contribution in [0.5, 0.6) is 0 Å². The van der Waals surface area contributed by atoms with E-state index in [0.29, 0.717) is 4.31 Å². The van der Waals surface area contributed by atoms with Crippen LogP contribution in [0.25, 0.3) is 0 Å². The van der Waals surface area contributed by atoms with Crippen molar-refractivity contribution in [1.82, 2.24) is 5.32 Å². The van der Waals surface area contributed by atoms with E-state index in [2.05, 4.69) is 5.32 Å². The molecule has 2 aromatic rings. The first-order chi connectivity index (χ1) is 11.8. The predicted molar refractivity (Wildman–Crippen MR) is 91.5 cm³/mol. The van der Waals surface area contributed by atoms with Crippen molar-refractivity contribution in [2.45, 2.75) is 13.0 Å². The number of sulfonamides is 1. The highest BCUT2D eigenvalue weighted by atomic mass is 32.2. The molecular weight excluding hydrogens is 350 g/mol. The molecule has 0 aliphatic rings. The van der Waals surface area contributed by atoms with E-state index in [1.54, 1.807) is 0 Å². The van der Waals surface area contributed by atoms with Crippen molar-refractivity contribution in [2.24, 2.45) is 0 Å². The lowest BCUT2D eigenvalue weighted by atomic mass is 10.2. The first-order valence-electron chi connectivity index (χ1n) is 7.51. The Bertz CT molecular complexity index is 822. The quantitative estimate of drug-likeness (QED) is 0.816. The fourth-order valence-electron chi connectivity index (χ4n) is 2.26. The molecule has 0 fully saturated rings. The number of nitrogens with one attached hydrogen (secondary N) is 1. The molecule has 0 saturated heterocycles. The minimum Gasteiger partial charge on any atom is -0.352 e. The lowest BCUT2D eigenvalue weighted by Crippen LogP contribution is -2.35. The Hall–Kier alpha value is -2.48. The zero-order valence-corrected chi connectivity index (χ0v) is 14.4. The molecule has 0 aliphatic heterocycles. The molecule has 5 nitrogen and oxygen atoms in total. The van der Waals surface area contributed by atoms with Crippen LogP contribution in [-0.4, -0.2) is 27.1 Å². The van der Waals surface area contributed by atoms with Crippen molar-refractivity contribution in [1.29, 1.82) is 0 Å². The summed E-state index contributed by atoms with van der Waals surface area (Å²) in [6.45, 7) is -0.0794. The molecule has 2 aromatic carbocycles. The smallest absolute Gasteiger partial charge is 0.232 e. The van der Waals surface area contributed by atoms with E-state index in [9.17, 15) is 22.0 Å². The Morgan fingerprint density at radius 1 is 1.04 bits per heavy atom. The van der Waals surface area contributed by atoms with Gasteiger partial charge in [0.15, 0.2) is 11.6 Å². The third kappa shape index (κ3) is 5.25. The number of amides is 1. The van der Waals surface area contributed by atoms with Gasteiger partial charge in [-0.25, -0.2) is 17.2 Å². The van der Waals surface area contributed by atoms with Gasteiger partial charge in [-0.2, -0.15) is 0 Å². The fraction of sp³-hybridized carbons (Fsp3) is 0.235. The molecule has 0 heterocycles. The topological polar surface area (TPSA) is 66.5 Å². The van der Waals surface area contributed by atoms with Gasteiger partial charge >= 0.3 is 0 Å². The third-order valence-electron chi connectivity index (χ3n) is 3.46. The molecule has 0 aromatic heterocycles. The molecule has 2 rings (SSSR count). The van der Waals surface area contributed by atoms with Gasteiger partial charge in [0.2, 0.25) is 15.9 Å². The summed E-state index contributed by atoms with van der Waals surface area (Å²) in [5.41, 5.74) is 0.205. The number of carbonyl (C=O) groups is 1. The van der Waals surface area contributed by atoms with Gasteiger partial charge in [0.05, 0.1) is 6.26 Å². The Kier molecular flexibility index (Phi) is 6.08. The number of para-hydroxylation sites is 1. The zero-order chi connectivity index (χ0) is 18.4. The van der Waals surface area contributed by atoms with Gasteiger partial charge in [-0.1, -0.05) is 36.4 Å². The second-order valence-electron chi connectivity index (χ2n) is 5.42. The normalized spacial score (nSPS) is 11.2. The van der Waals surface area contributed by atoms with Gasteiger partial charge < -0.3 is 5.32 Å². The average Bonchev–Trinajstić information content (AvgIpc) is 2.55. The number of anilines is 1. The van der Waals surface area contributed by atoms with Crippen LogP contribution in [0.2, 0.25) is 0 Å². The molecule has 0 unspecified atom stereocenters. The van der Waals surface area contributed by atoms with Crippen molar-refractivity contribution < 1.29 is 22.0 Å². The summed E-state index contributed by atoms with van der Waals surface area (Å²) in [6.07, 6.45) is 0.606. The molecular formula is C17H18F2N2O3S. The van der Waals surface area contributed by atoms with Gasteiger partial charge in [0.1, 0.15) is 5.69 Å². The highest BCUT2D eigenvalue weighted by Gasteiger charge is 2.24. The monoisotopic (exact) mass is 368 g/mol. The highest BCUT2D eigenvalue weighted by Crippen LogP contribution is 2.25. The van der Waals surface area contributed by atoms with E-state index in [-0.39, 0.29) is 19.5 Å². The second kappa shape index (κ2) is 8.06. The van der Waals surface area contributed by atoms with Crippen LogP contribution in [-0.2, 0) is 21.4 Å². The molecule has 0 bridgehead atoms. The predicted octanol–water partition coefficient (Wildman–Crippen LogP) is 2.44. The van der Waals surface area contributed by atoms with E-state index < -0.39 is 33.3 Å². The lowest BCUT2D eigenvalue weighted by Gasteiger charge is -2.23. The van der Waals surface area contributed by atoms with Crippen LogP contribution in [0.1, 0.15) is 12.0 Å². The number of hydrogen-bond acceptors (Lipinski definition) is 3. The van der Waals surface area contributed by atoms with Crippen LogP contribution in [0.15, 0.2) is 48.5 Å². The Morgan fingerprint density at radius 3 is 2.20 bits per heavy atom. The molecule has 25 heavy (non-hydrogen) atoms. The second-order valence-corrected chi connectivity index (χ2v) is 7.32. The number of rotatable bonds is 7. The van der Waals surface area contributed by atoms with E-state index in [1.807, 2.05) is 30.3 Å². The van der Waals surface area contributed by atoms with Gasteiger partial charge in [-0.3, -0.25) is 9.10 Å². The minimum absolute atomic E-state index is 0.228. The summed E-state index contributed by atoms with van der Waals surface area (Å²) >= 11 is 0. The maximum Gasteiger partial charge on any atom is 0.232 e. The first-order valence-corrected chi connectivity index (χ1v) is 9.36. The maximum absolute atomic E-state index is 13.9. The Labute approximate surface area is 145 Å². The van der Waals surface area contributed by atoms with Crippen LogP contribution in [0.3, 0.4) is 0 Å². The van der Waals surface area contributed by atoms with Crippen molar-refractivity contribution in [3.63, 3.8) is 0 Å². The van der Waals surface area contributed by atoms with E-state index >= 15 is 0 Å². The van der Waals surface area contributed by atoms with Gasteiger partial charge in [-0.15, -0.1) is 0 Å². The van der Waals surface area contributed by atoms with Crippen molar-refractivity contribution >= 4 is 21.6 Å². The molecule has 134 valence electrons. The lowest BCUT2D eigenvalue weighted by molar-refractivity contribution is -0.121. The average molecular weight is 368 g/mol. The molecule has 0 saturated carbocycles. The first kappa shape index (κ1) is 18.9. The number of benzene rings is 2. The summed E-state index contributed by atoms with van der Waals surface area (Å²) in [6, 6.07) is 12.2. The van der Waals surface area contributed by atoms with Crippen LogP contribution >= 0.6 is 0 Å². The number of halogens is 2. The molecule has 0 spiro atoms. The highest BCUT2D eigenvalue weighted by molar-refractivity contribution is 7.92. The SMILES string of the molecule is CS(=O)(=O)N(CCC(=O)NCc1ccccc1)c1c(F)cccc1F. The van der Waals surface area contributed by atoms with E-state index in [1.165, 1.54) is 0 Å². The molecule has 0 atom stereocenters. The minimum atomic E-state index is -3.95. The maximum atomic E-state index is 13.9. The van der Waals surface area contributed by atoms with Crippen LogP contribution in [0.4, 0.5) is 14.5 Å². The van der Waals surface area contributed by atoms with Crippen LogP contribution < -0.4 is 9.62 Å².